The van der Waals surface area contributed by atoms with Gasteiger partial charge in [-0.15, -0.1) is 0 Å². The molecular weight excluding hydrogens is 469 g/mol. The fourth-order valence-corrected chi connectivity index (χ4v) is 4.00. The number of carbonyl (C=O) groups excluding carboxylic acids is 1. The summed E-state index contributed by atoms with van der Waals surface area (Å²) in [5, 5.41) is 8.66. The summed E-state index contributed by atoms with van der Waals surface area (Å²) in [7, 11) is 5.66. The van der Waals surface area contributed by atoms with Gasteiger partial charge >= 0.3 is 0 Å². The SMILES string of the molecule is CN(C)CCCNC(=O)c1ccc(-c2ccc(N(C)N)c(NCc3ccc4ncccc4c3)n2)cc1F. The van der Waals surface area contributed by atoms with Gasteiger partial charge in [0.15, 0.2) is 5.82 Å². The standard InChI is InChI=1S/C28H32FN7O/c1-35(2)15-5-14-32-28(37)22-9-8-21(17-23(22)29)25-11-12-26(36(3)30)27(34-25)33-18-19-7-10-24-20(16-19)6-4-13-31-24/h4,6-13,16-17H,5,14-15,18,30H2,1-3H3,(H,32,37)(H,33,34). The number of anilines is 2. The second kappa shape index (κ2) is 11.8. The van der Waals surface area contributed by atoms with Gasteiger partial charge < -0.3 is 20.5 Å². The van der Waals surface area contributed by atoms with Gasteiger partial charge in [0, 0.05) is 37.3 Å². The summed E-state index contributed by atoms with van der Waals surface area (Å²) in [6.45, 7) is 1.84. The Morgan fingerprint density at radius 3 is 2.65 bits per heavy atom. The number of hydrazine groups is 1. The molecule has 4 rings (SSSR count). The topological polar surface area (TPSA) is 99.4 Å². The van der Waals surface area contributed by atoms with Crippen LogP contribution < -0.4 is 21.5 Å². The lowest BCUT2D eigenvalue weighted by Gasteiger charge is -2.18. The quantitative estimate of drug-likeness (QED) is 0.171. The Morgan fingerprint density at radius 2 is 1.89 bits per heavy atom. The minimum absolute atomic E-state index is 0.0102. The highest BCUT2D eigenvalue weighted by Gasteiger charge is 2.15. The third kappa shape index (κ3) is 6.58. The third-order valence-corrected chi connectivity index (χ3v) is 5.96. The molecule has 0 atom stereocenters. The second-order valence-corrected chi connectivity index (χ2v) is 9.17. The molecule has 0 aliphatic rings. The number of hydrogen-bond acceptors (Lipinski definition) is 7. The average Bonchev–Trinajstić information content (AvgIpc) is 2.89. The van der Waals surface area contributed by atoms with Crippen molar-refractivity contribution in [3.05, 3.63) is 83.8 Å². The van der Waals surface area contributed by atoms with Crippen LogP contribution >= 0.6 is 0 Å². The normalized spacial score (nSPS) is 11.1. The van der Waals surface area contributed by atoms with Crippen LogP contribution in [0, 0.1) is 5.82 Å². The number of amides is 1. The van der Waals surface area contributed by atoms with Gasteiger partial charge in [-0.25, -0.2) is 15.2 Å². The van der Waals surface area contributed by atoms with Crippen molar-refractivity contribution < 1.29 is 9.18 Å². The summed E-state index contributed by atoms with van der Waals surface area (Å²) in [5.74, 6) is 5.57. The van der Waals surface area contributed by atoms with E-state index in [-0.39, 0.29) is 5.56 Å². The summed E-state index contributed by atoms with van der Waals surface area (Å²) in [5.41, 5.74) is 3.82. The predicted molar refractivity (Wildman–Crippen MR) is 147 cm³/mol. The third-order valence-electron chi connectivity index (χ3n) is 5.96. The van der Waals surface area contributed by atoms with E-state index in [9.17, 15) is 9.18 Å². The first-order valence-corrected chi connectivity index (χ1v) is 12.1. The molecule has 0 spiro atoms. The lowest BCUT2D eigenvalue weighted by Crippen LogP contribution is -2.27. The Labute approximate surface area is 216 Å². The highest BCUT2D eigenvalue weighted by Crippen LogP contribution is 2.28. The van der Waals surface area contributed by atoms with Crippen LogP contribution in [0.25, 0.3) is 22.2 Å². The van der Waals surface area contributed by atoms with Crippen molar-refractivity contribution in [2.75, 3.05) is 44.6 Å². The maximum Gasteiger partial charge on any atom is 0.254 e. The zero-order valence-electron chi connectivity index (χ0n) is 21.3. The van der Waals surface area contributed by atoms with Crippen molar-refractivity contribution >= 4 is 28.3 Å². The van der Waals surface area contributed by atoms with Gasteiger partial charge in [0.2, 0.25) is 0 Å². The molecule has 2 aromatic carbocycles. The van der Waals surface area contributed by atoms with Crippen molar-refractivity contribution in [2.24, 2.45) is 5.84 Å². The zero-order valence-corrected chi connectivity index (χ0v) is 21.3. The first-order valence-electron chi connectivity index (χ1n) is 12.1. The number of pyridine rings is 2. The molecular formula is C28H32FN7O. The van der Waals surface area contributed by atoms with Crippen molar-refractivity contribution in [3.8, 4) is 11.3 Å². The highest BCUT2D eigenvalue weighted by atomic mass is 19.1. The van der Waals surface area contributed by atoms with Gasteiger partial charge in [-0.3, -0.25) is 9.78 Å². The van der Waals surface area contributed by atoms with Gasteiger partial charge in [-0.1, -0.05) is 18.2 Å². The van der Waals surface area contributed by atoms with Crippen molar-refractivity contribution in [3.63, 3.8) is 0 Å². The van der Waals surface area contributed by atoms with E-state index < -0.39 is 11.7 Å². The Kier molecular flexibility index (Phi) is 8.27. The first-order chi connectivity index (χ1) is 17.8. The number of hydrogen-bond donors (Lipinski definition) is 3. The number of nitrogens with one attached hydrogen (secondary N) is 2. The fraction of sp³-hybridized carbons (Fsp3) is 0.250. The van der Waals surface area contributed by atoms with Crippen LogP contribution in [0.15, 0.2) is 66.9 Å². The van der Waals surface area contributed by atoms with Gasteiger partial charge in [0.1, 0.15) is 5.82 Å². The lowest BCUT2D eigenvalue weighted by molar-refractivity contribution is 0.0948. The molecule has 37 heavy (non-hydrogen) atoms. The van der Waals surface area contributed by atoms with Crippen LogP contribution in [0.4, 0.5) is 15.9 Å². The van der Waals surface area contributed by atoms with Gasteiger partial charge in [-0.05, 0) is 75.1 Å². The van der Waals surface area contributed by atoms with E-state index in [0.29, 0.717) is 35.9 Å². The van der Waals surface area contributed by atoms with Crippen molar-refractivity contribution in [1.82, 2.24) is 20.2 Å². The molecule has 0 unspecified atom stereocenters. The van der Waals surface area contributed by atoms with Crippen LogP contribution in [0.3, 0.4) is 0 Å². The van der Waals surface area contributed by atoms with Crippen LogP contribution in [0.5, 0.6) is 0 Å². The molecule has 0 aliphatic heterocycles. The molecule has 0 aliphatic carbocycles. The van der Waals surface area contributed by atoms with E-state index in [0.717, 1.165) is 29.4 Å². The summed E-state index contributed by atoms with van der Waals surface area (Å²) in [6.07, 6.45) is 2.56. The summed E-state index contributed by atoms with van der Waals surface area (Å²) >= 11 is 0. The molecule has 2 heterocycles. The Morgan fingerprint density at radius 1 is 1.05 bits per heavy atom. The zero-order chi connectivity index (χ0) is 26.4. The van der Waals surface area contributed by atoms with Gasteiger partial charge in [-0.2, -0.15) is 0 Å². The number of rotatable bonds is 10. The van der Waals surface area contributed by atoms with Crippen LogP contribution in [0.2, 0.25) is 0 Å². The molecule has 2 aromatic heterocycles. The van der Waals surface area contributed by atoms with E-state index in [1.54, 1.807) is 25.4 Å². The van der Waals surface area contributed by atoms with Crippen molar-refractivity contribution in [1.29, 1.82) is 0 Å². The highest BCUT2D eigenvalue weighted by molar-refractivity contribution is 5.95. The second-order valence-electron chi connectivity index (χ2n) is 9.17. The molecule has 9 heteroatoms. The first kappa shape index (κ1) is 26.0. The molecule has 4 aromatic rings. The number of nitrogens with zero attached hydrogens (tertiary/aromatic N) is 4. The number of halogens is 1. The maximum absolute atomic E-state index is 14.9. The Bertz CT molecular complexity index is 1390. The van der Waals surface area contributed by atoms with Crippen LogP contribution in [0.1, 0.15) is 22.3 Å². The maximum atomic E-state index is 14.9. The number of fused-ring (bicyclic) bond motifs is 1. The molecule has 1 amide bonds. The largest absolute Gasteiger partial charge is 0.364 e. The minimum atomic E-state index is -0.594. The molecule has 8 nitrogen and oxygen atoms in total. The number of carbonyl (C=O) groups is 1. The van der Waals surface area contributed by atoms with E-state index >= 15 is 0 Å². The minimum Gasteiger partial charge on any atom is -0.364 e. The Hall–Kier alpha value is -4.08. The molecule has 0 bridgehead atoms. The van der Waals surface area contributed by atoms with E-state index in [1.807, 2.05) is 49.3 Å². The van der Waals surface area contributed by atoms with Crippen LogP contribution in [-0.2, 0) is 6.54 Å². The number of aromatic nitrogens is 2. The molecule has 0 radical (unpaired) electrons. The fourth-order valence-electron chi connectivity index (χ4n) is 4.00. The smallest absolute Gasteiger partial charge is 0.254 e. The Balaban J connectivity index is 1.51. The summed E-state index contributed by atoms with van der Waals surface area (Å²) in [4.78, 5) is 23.5. The van der Waals surface area contributed by atoms with E-state index in [2.05, 4.69) is 21.7 Å². The van der Waals surface area contributed by atoms with E-state index in [1.165, 1.54) is 17.1 Å². The molecule has 192 valence electrons. The van der Waals surface area contributed by atoms with E-state index in [4.69, 9.17) is 10.8 Å². The van der Waals surface area contributed by atoms with Gasteiger partial charge in [0.25, 0.3) is 5.91 Å². The molecule has 0 saturated heterocycles. The number of benzene rings is 2. The monoisotopic (exact) mass is 501 g/mol. The average molecular weight is 502 g/mol. The summed E-state index contributed by atoms with van der Waals surface area (Å²) in [6, 6.07) is 18.1. The van der Waals surface area contributed by atoms with Crippen molar-refractivity contribution in [2.45, 2.75) is 13.0 Å². The predicted octanol–water partition coefficient (Wildman–Crippen LogP) is 4.04. The van der Waals surface area contributed by atoms with Gasteiger partial charge in [0.05, 0.1) is 22.5 Å². The molecule has 0 saturated carbocycles. The molecule has 0 fully saturated rings. The molecule has 4 N–H and O–H groups in total. The van der Waals surface area contributed by atoms with Crippen LogP contribution in [-0.4, -0.2) is 55.0 Å². The number of nitrogens with two attached hydrogens (primary N) is 1. The lowest BCUT2D eigenvalue weighted by atomic mass is 10.1. The summed E-state index contributed by atoms with van der Waals surface area (Å²) < 4.78 is 14.9.